The Kier molecular flexibility index (Phi) is 5.44. The number of methoxy groups -OCH3 is 1. The van der Waals surface area contributed by atoms with Gasteiger partial charge in [0.15, 0.2) is 0 Å². The molecule has 1 aliphatic heterocycles. The fourth-order valence-electron chi connectivity index (χ4n) is 1.93. The van der Waals surface area contributed by atoms with E-state index in [9.17, 15) is 14.4 Å². The van der Waals surface area contributed by atoms with Crippen LogP contribution in [0.5, 0.6) is 5.75 Å². The molecular weight excluding hydrogens is 318 g/mol. The minimum Gasteiger partial charge on any atom is -0.490 e. The average molecular weight is 335 g/mol. The van der Waals surface area contributed by atoms with E-state index in [1.54, 1.807) is 18.2 Å². The van der Waals surface area contributed by atoms with Gasteiger partial charge in [-0.3, -0.25) is 19.3 Å². The molecule has 1 aromatic rings. The molecule has 1 saturated heterocycles. The molecule has 1 fully saturated rings. The molecule has 6 nitrogen and oxygen atoms in total. The number of thioether (sulfide) groups is 1. The van der Waals surface area contributed by atoms with Crippen molar-refractivity contribution >= 4 is 35.0 Å². The monoisotopic (exact) mass is 335 g/mol. The van der Waals surface area contributed by atoms with E-state index in [-0.39, 0.29) is 17.6 Å². The predicted octanol–water partition coefficient (Wildman–Crippen LogP) is 2.68. The summed E-state index contributed by atoms with van der Waals surface area (Å²) >= 11 is 0.792. The van der Waals surface area contributed by atoms with Gasteiger partial charge in [0.2, 0.25) is 0 Å². The van der Waals surface area contributed by atoms with Gasteiger partial charge in [0.05, 0.1) is 18.1 Å². The van der Waals surface area contributed by atoms with E-state index in [0.717, 1.165) is 16.7 Å². The van der Waals surface area contributed by atoms with Crippen molar-refractivity contribution in [2.45, 2.75) is 20.0 Å². The molecule has 0 aromatic heterocycles. The highest BCUT2D eigenvalue weighted by Gasteiger charge is 2.36. The van der Waals surface area contributed by atoms with Crippen molar-refractivity contribution in [2.24, 2.45) is 0 Å². The van der Waals surface area contributed by atoms with Gasteiger partial charge >= 0.3 is 5.97 Å². The van der Waals surface area contributed by atoms with Crippen molar-refractivity contribution in [1.82, 2.24) is 4.90 Å². The first-order chi connectivity index (χ1) is 10.9. The van der Waals surface area contributed by atoms with Gasteiger partial charge in [-0.2, -0.15) is 0 Å². The number of carbonyl (C=O) groups excluding carboxylic acids is 3. The number of amides is 2. The fourth-order valence-corrected chi connectivity index (χ4v) is 2.76. The number of ether oxygens (including phenoxy) is 2. The van der Waals surface area contributed by atoms with E-state index >= 15 is 0 Å². The Morgan fingerprint density at radius 2 is 2.00 bits per heavy atom. The van der Waals surface area contributed by atoms with Gasteiger partial charge in [-0.15, -0.1) is 0 Å². The van der Waals surface area contributed by atoms with E-state index in [1.165, 1.54) is 7.11 Å². The molecule has 0 radical (unpaired) electrons. The number of esters is 1. The molecule has 0 saturated carbocycles. The zero-order valence-corrected chi connectivity index (χ0v) is 13.9. The lowest BCUT2D eigenvalue weighted by atomic mass is 10.2. The molecule has 0 aliphatic carbocycles. The van der Waals surface area contributed by atoms with Gasteiger partial charge < -0.3 is 9.47 Å². The Labute approximate surface area is 138 Å². The maximum absolute atomic E-state index is 12.3. The van der Waals surface area contributed by atoms with Crippen LogP contribution in [0.2, 0.25) is 0 Å². The second-order valence-electron chi connectivity index (χ2n) is 5.05. The zero-order chi connectivity index (χ0) is 17.0. The number of para-hydroxylation sites is 1. The molecule has 2 amide bonds. The highest BCUT2D eigenvalue weighted by Crippen LogP contribution is 2.34. The molecule has 1 aliphatic rings. The minimum atomic E-state index is -0.642. The minimum absolute atomic E-state index is 0.0149. The molecule has 0 spiro atoms. The van der Waals surface area contributed by atoms with Crippen molar-refractivity contribution in [3.05, 3.63) is 34.7 Å². The van der Waals surface area contributed by atoms with E-state index in [2.05, 4.69) is 4.74 Å². The Morgan fingerprint density at radius 1 is 1.30 bits per heavy atom. The van der Waals surface area contributed by atoms with Crippen LogP contribution in [0, 0.1) is 0 Å². The van der Waals surface area contributed by atoms with Crippen LogP contribution in [0.3, 0.4) is 0 Å². The number of hydrogen-bond donors (Lipinski definition) is 0. The van der Waals surface area contributed by atoms with Gasteiger partial charge in [0.1, 0.15) is 12.3 Å². The smallest absolute Gasteiger partial charge is 0.325 e. The number of nitrogens with zero attached hydrogens (tertiary/aromatic N) is 1. The van der Waals surface area contributed by atoms with E-state index in [4.69, 9.17) is 4.74 Å². The Balaban J connectivity index is 2.26. The number of hydrogen-bond acceptors (Lipinski definition) is 6. The van der Waals surface area contributed by atoms with Crippen molar-refractivity contribution in [3.8, 4) is 5.75 Å². The number of benzene rings is 1. The molecule has 7 heteroatoms. The molecule has 0 bridgehead atoms. The normalized spacial score (nSPS) is 16.3. The molecule has 0 N–H and O–H groups in total. The zero-order valence-electron chi connectivity index (χ0n) is 13.1. The van der Waals surface area contributed by atoms with Crippen molar-refractivity contribution in [1.29, 1.82) is 0 Å². The van der Waals surface area contributed by atoms with Crippen LogP contribution in [0.25, 0.3) is 6.08 Å². The summed E-state index contributed by atoms with van der Waals surface area (Å²) in [6.07, 6.45) is 1.58. The number of carbonyl (C=O) groups is 3. The summed E-state index contributed by atoms with van der Waals surface area (Å²) < 4.78 is 10.2. The van der Waals surface area contributed by atoms with E-state index < -0.39 is 17.1 Å². The van der Waals surface area contributed by atoms with E-state index in [1.807, 2.05) is 26.0 Å². The second-order valence-corrected chi connectivity index (χ2v) is 6.04. The maximum Gasteiger partial charge on any atom is 0.325 e. The largest absolute Gasteiger partial charge is 0.490 e. The molecule has 0 unspecified atom stereocenters. The Morgan fingerprint density at radius 3 is 2.65 bits per heavy atom. The lowest BCUT2D eigenvalue weighted by Gasteiger charge is -2.12. The van der Waals surface area contributed by atoms with Crippen molar-refractivity contribution in [2.75, 3.05) is 13.7 Å². The first-order valence-electron chi connectivity index (χ1n) is 7.00. The average Bonchev–Trinajstić information content (AvgIpc) is 2.76. The quantitative estimate of drug-likeness (QED) is 0.608. The first kappa shape index (κ1) is 17.1. The van der Waals surface area contributed by atoms with Gasteiger partial charge in [-0.05, 0) is 37.8 Å². The molecule has 2 rings (SSSR count). The number of imide groups is 1. The second kappa shape index (κ2) is 7.32. The summed E-state index contributed by atoms with van der Waals surface area (Å²) in [7, 11) is 1.21. The highest BCUT2D eigenvalue weighted by atomic mass is 32.2. The Hall–Kier alpha value is -2.28. The van der Waals surface area contributed by atoms with Crippen LogP contribution >= 0.6 is 11.8 Å². The molecule has 1 aromatic carbocycles. The summed E-state index contributed by atoms with van der Waals surface area (Å²) in [6, 6.07) is 7.24. The van der Waals surface area contributed by atoms with Crippen LogP contribution in [-0.4, -0.2) is 41.8 Å². The van der Waals surface area contributed by atoms with Gasteiger partial charge in [-0.25, -0.2) is 0 Å². The van der Waals surface area contributed by atoms with Crippen molar-refractivity contribution < 1.29 is 23.9 Å². The van der Waals surface area contributed by atoms with Crippen LogP contribution < -0.4 is 4.74 Å². The molecule has 23 heavy (non-hydrogen) atoms. The summed E-state index contributed by atoms with van der Waals surface area (Å²) in [6.45, 7) is 3.42. The lowest BCUT2D eigenvalue weighted by molar-refractivity contribution is -0.143. The highest BCUT2D eigenvalue weighted by molar-refractivity contribution is 8.18. The van der Waals surface area contributed by atoms with Crippen LogP contribution in [-0.2, 0) is 14.3 Å². The first-order valence-corrected chi connectivity index (χ1v) is 7.82. The van der Waals surface area contributed by atoms with E-state index in [0.29, 0.717) is 11.3 Å². The lowest BCUT2D eigenvalue weighted by Crippen LogP contribution is -2.34. The van der Waals surface area contributed by atoms with Gasteiger partial charge in [0.25, 0.3) is 11.1 Å². The van der Waals surface area contributed by atoms with Crippen LogP contribution in [0.1, 0.15) is 19.4 Å². The maximum atomic E-state index is 12.3. The van der Waals surface area contributed by atoms with Crippen molar-refractivity contribution in [3.63, 3.8) is 0 Å². The molecule has 1 heterocycles. The predicted molar refractivity (Wildman–Crippen MR) is 86.9 cm³/mol. The van der Waals surface area contributed by atoms with Gasteiger partial charge in [-0.1, -0.05) is 18.2 Å². The third kappa shape index (κ3) is 4.13. The van der Waals surface area contributed by atoms with Crippen LogP contribution in [0.15, 0.2) is 29.2 Å². The van der Waals surface area contributed by atoms with Gasteiger partial charge in [0, 0.05) is 5.56 Å². The Bertz CT molecular complexity index is 668. The SMILES string of the molecule is COC(=O)CN1C(=O)S/C(=C\c2ccccc2OC(C)C)C1=O. The molecule has 122 valence electrons. The summed E-state index contributed by atoms with van der Waals surface area (Å²) in [5.41, 5.74) is 0.699. The molecular formula is C16H17NO5S. The summed E-state index contributed by atoms with van der Waals surface area (Å²) in [4.78, 5) is 36.6. The fraction of sp³-hybridized carbons (Fsp3) is 0.312. The standard InChI is InChI=1S/C16H17NO5S/c1-10(2)22-12-7-5-4-6-11(12)8-13-15(19)17(16(20)23-13)9-14(18)21-3/h4-8,10H,9H2,1-3H3/b13-8-. The topological polar surface area (TPSA) is 72.9 Å². The summed E-state index contributed by atoms with van der Waals surface area (Å²) in [5, 5.41) is -0.492. The summed E-state index contributed by atoms with van der Waals surface area (Å²) in [5.74, 6) is -0.524. The third-order valence-electron chi connectivity index (χ3n) is 2.96. The van der Waals surface area contributed by atoms with Crippen LogP contribution in [0.4, 0.5) is 4.79 Å². The molecule has 0 atom stereocenters. The third-order valence-corrected chi connectivity index (χ3v) is 3.86. The number of rotatable bonds is 5.